The van der Waals surface area contributed by atoms with Crippen LogP contribution in [0, 0.1) is 12.7 Å². The van der Waals surface area contributed by atoms with Crippen LogP contribution >= 0.6 is 0 Å². The summed E-state index contributed by atoms with van der Waals surface area (Å²) in [7, 11) is 0. The molecule has 1 amide bonds. The average molecular weight is 297 g/mol. The number of nitrogens with one attached hydrogen (secondary N) is 1. The third-order valence-electron chi connectivity index (χ3n) is 3.26. The van der Waals surface area contributed by atoms with Crippen LogP contribution in [0.15, 0.2) is 57.7 Å². The first-order valence-electron chi connectivity index (χ1n) is 6.65. The predicted octanol–water partition coefficient (Wildman–Crippen LogP) is 3.49. The van der Waals surface area contributed by atoms with E-state index in [0.29, 0.717) is 11.0 Å². The highest BCUT2D eigenvalue weighted by molar-refractivity contribution is 6.05. The molecular formula is C17H12FNO3. The Balaban J connectivity index is 1.98. The molecule has 5 heteroatoms. The van der Waals surface area contributed by atoms with Gasteiger partial charge in [0.1, 0.15) is 17.0 Å². The number of carbonyl (C=O) groups is 1. The lowest BCUT2D eigenvalue weighted by molar-refractivity contribution is 0.102. The maximum atomic E-state index is 13.8. The van der Waals surface area contributed by atoms with E-state index in [9.17, 15) is 14.0 Å². The summed E-state index contributed by atoms with van der Waals surface area (Å²) in [6, 6.07) is 12.7. The minimum atomic E-state index is -0.760. The highest BCUT2D eigenvalue weighted by Gasteiger charge is 2.15. The van der Waals surface area contributed by atoms with Crippen molar-refractivity contribution >= 4 is 22.6 Å². The maximum absolute atomic E-state index is 13.8. The van der Waals surface area contributed by atoms with Gasteiger partial charge in [-0.3, -0.25) is 4.79 Å². The summed E-state index contributed by atoms with van der Waals surface area (Å²) < 4.78 is 18.9. The Bertz CT molecular complexity index is 931. The van der Waals surface area contributed by atoms with E-state index in [-0.39, 0.29) is 11.3 Å². The summed E-state index contributed by atoms with van der Waals surface area (Å²) in [6.07, 6.45) is 0. The van der Waals surface area contributed by atoms with Crippen LogP contribution in [0.1, 0.15) is 15.9 Å². The van der Waals surface area contributed by atoms with Crippen molar-refractivity contribution in [3.8, 4) is 0 Å². The summed E-state index contributed by atoms with van der Waals surface area (Å²) in [4.78, 5) is 24.1. The molecule has 0 saturated carbocycles. The molecule has 3 aromatic rings. The van der Waals surface area contributed by atoms with Crippen molar-refractivity contribution in [3.63, 3.8) is 0 Å². The SMILES string of the molecule is Cc1ccc(NC(=O)c2cc3ccccc3oc2=O)c(F)c1. The number of aryl methyl sites for hydroxylation is 1. The second-order valence-electron chi connectivity index (χ2n) is 4.92. The maximum Gasteiger partial charge on any atom is 0.349 e. The number of anilines is 1. The lowest BCUT2D eigenvalue weighted by atomic mass is 10.1. The fraction of sp³-hybridized carbons (Fsp3) is 0.0588. The van der Waals surface area contributed by atoms with Gasteiger partial charge in [-0.15, -0.1) is 0 Å². The number of hydrogen-bond acceptors (Lipinski definition) is 3. The van der Waals surface area contributed by atoms with E-state index < -0.39 is 17.3 Å². The number of amides is 1. The molecule has 0 aliphatic rings. The number of halogens is 1. The molecule has 1 N–H and O–H groups in total. The normalized spacial score (nSPS) is 10.6. The van der Waals surface area contributed by atoms with Crippen molar-refractivity contribution in [2.45, 2.75) is 6.92 Å². The van der Waals surface area contributed by atoms with Crippen LogP contribution in [0.5, 0.6) is 0 Å². The van der Waals surface area contributed by atoms with Gasteiger partial charge in [-0.1, -0.05) is 24.3 Å². The quantitative estimate of drug-likeness (QED) is 0.737. The van der Waals surface area contributed by atoms with Gasteiger partial charge < -0.3 is 9.73 Å². The van der Waals surface area contributed by atoms with Crippen molar-refractivity contribution in [2.24, 2.45) is 0 Å². The second kappa shape index (κ2) is 5.44. The van der Waals surface area contributed by atoms with Crippen LogP contribution in [0.3, 0.4) is 0 Å². The Labute approximate surface area is 125 Å². The Morgan fingerprint density at radius 2 is 1.91 bits per heavy atom. The molecule has 0 aliphatic heterocycles. The van der Waals surface area contributed by atoms with E-state index in [0.717, 1.165) is 5.56 Å². The minimum Gasteiger partial charge on any atom is -0.422 e. The van der Waals surface area contributed by atoms with Gasteiger partial charge >= 0.3 is 5.63 Å². The predicted molar refractivity (Wildman–Crippen MR) is 81.6 cm³/mol. The van der Waals surface area contributed by atoms with E-state index in [2.05, 4.69) is 5.32 Å². The molecule has 1 heterocycles. The summed E-state index contributed by atoms with van der Waals surface area (Å²) in [5.74, 6) is -1.26. The van der Waals surface area contributed by atoms with E-state index in [1.165, 1.54) is 18.2 Å². The molecule has 0 unspecified atom stereocenters. The number of rotatable bonds is 2. The number of benzene rings is 2. The average Bonchev–Trinajstić information content (AvgIpc) is 2.49. The molecule has 0 spiro atoms. The number of hydrogen-bond donors (Lipinski definition) is 1. The Kier molecular flexibility index (Phi) is 3.47. The summed E-state index contributed by atoms with van der Waals surface area (Å²) in [5, 5.41) is 3.01. The highest BCUT2D eigenvalue weighted by Crippen LogP contribution is 2.17. The van der Waals surface area contributed by atoms with Crippen LogP contribution < -0.4 is 10.9 Å². The monoisotopic (exact) mass is 297 g/mol. The zero-order chi connectivity index (χ0) is 15.7. The molecule has 4 nitrogen and oxygen atoms in total. The van der Waals surface area contributed by atoms with Crippen LogP contribution in [-0.4, -0.2) is 5.91 Å². The molecule has 3 rings (SSSR count). The standard InChI is InChI=1S/C17H12FNO3/c1-10-6-7-14(13(18)8-10)19-16(20)12-9-11-4-2-3-5-15(11)22-17(12)21/h2-9H,1H3,(H,19,20). The molecule has 0 atom stereocenters. The van der Waals surface area contributed by atoms with Crippen molar-refractivity contribution < 1.29 is 13.6 Å². The summed E-state index contributed by atoms with van der Waals surface area (Å²) in [5.41, 5.74) is 0.219. The third-order valence-corrected chi connectivity index (χ3v) is 3.26. The zero-order valence-corrected chi connectivity index (χ0v) is 11.7. The van der Waals surface area contributed by atoms with E-state index >= 15 is 0 Å². The lowest BCUT2D eigenvalue weighted by Crippen LogP contribution is -2.21. The second-order valence-corrected chi connectivity index (χ2v) is 4.92. The van der Waals surface area contributed by atoms with Gasteiger partial charge in [-0.25, -0.2) is 9.18 Å². The van der Waals surface area contributed by atoms with Gasteiger partial charge in [0.15, 0.2) is 0 Å². The molecule has 0 radical (unpaired) electrons. The summed E-state index contributed by atoms with van der Waals surface area (Å²) >= 11 is 0. The molecule has 110 valence electrons. The molecule has 0 saturated heterocycles. The zero-order valence-electron chi connectivity index (χ0n) is 11.7. The van der Waals surface area contributed by atoms with E-state index in [4.69, 9.17) is 4.42 Å². The highest BCUT2D eigenvalue weighted by atomic mass is 19.1. The van der Waals surface area contributed by atoms with Gasteiger partial charge in [0.05, 0.1) is 5.69 Å². The number of fused-ring (bicyclic) bond motifs is 1. The van der Waals surface area contributed by atoms with E-state index in [1.807, 2.05) is 0 Å². The van der Waals surface area contributed by atoms with Gasteiger partial charge in [0.2, 0.25) is 0 Å². The lowest BCUT2D eigenvalue weighted by Gasteiger charge is -2.07. The number of para-hydroxylation sites is 1. The van der Waals surface area contributed by atoms with Gasteiger partial charge in [-0.2, -0.15) is 0 Å². The first-order valence-corrected chi connectivity index (χ1v) is 6.65. The van der Waals surface area contributed by atoms with E-state index in [1.54, 1.807) is 37.3 Å². The van der Waals surface area contributed by atoms with Gasteiger partial charge in [0, 0.05) is 5.39 Å². The molecule has 1 aromatic heterocycles. The first-order chi connectivity index (χ1) is 10.5. The number of carbonyl (C=O) groups excluding carboxylic acids is 1. The van der Waals surface area contributed by atoms with Crippen molar-refractivity contribution in [2.75, 3.05) is 5.32 Å². The van der Waals surface area contributed by atoms with Crippen LogP contribution in [0.4, 0.5) is 10.1 Å². The van der Waals surface area contributed by atoms with Crippen LogP contribution in [0.2, 0.25) is 0 Å². The smallest absolute Gasteiger partial charge is 0.349 e. The summed E-state index contributed by atoms with van der Waals surface area (Å²) in [6.45, 7) is 1.74. The van der Waals surface area contributed by atoms with Crippen LogP contribution in [-0.2, 0) is 0 Å². The fourth-order valence-corrected chi connectivity index (χ4v) is 2.13. The fourth-order valence-electron chi connectivity index (χ4n) is 2.13. The molecule has 0 fully saturated rings. The largest absolute Gasteiger partial charge is 0.422 e. The van der Waals surface area contributed by atoms with Gasteiger partial charge in [-0.05, 0) is 36.8 Å². The van der Waals surface area contributed by atoms with Crippen molar-refractivity contribution in [1.82, 2.24) is 0 Å². The Morgan fingerprint density at radius 3 is 2.68 bits per heavy atom. The molecular weight excluding hydrogens is 285 g/mol. The molecule has 0 bridgehead atoms. The van der Waals surface area contributed by atoms with Gasteiger partial charge in [0.25, 0.3) is 5.91 Å². The third kappa shape index (κ3) is 2.61. The van der Waals surface area contributed by atoms with Crippen molar-refractivity contribution in [1.29, 1.82) is 0 Å². The molecule has 0 aliphatic carbocycles. The van der Waals surface area contributed by atoms with Crippen molar-refractivity contribution in [3.05, 3.63) is 75.9 Å². The molecule has 22 heavy (non-hydrogen) atoms. The molecule has 2 aromatic carbocycles. The topological polar surface area (TPSA) is 59.3 Å². The first kappa shape index (κ1) is 14.0. The minimum absolute atomic E-state index is 0.0168. The Morgan fingerprint density at radius 1 is 1.14 bits per heavy atom. The van der Waals surface area contributed by atoms with Crippen LogP contribution in [0.25, 0.3) is 11.0 Å². The Hall–Kier alpha value is -2.95.